The lowest BCUT2D eigenvalue weighted by atomic mass is 10.3. The maximum Gasteiger partial charge on any atom is 0.329 e. The summed E-state index contributed by atoms with van der Waals surface area (Å²) in [7, 11) is 1.57. The van der Waals surface area contributed by atoms with Crippen molar-refractivity contribution in [3.05, 3.63) is 25.6 Å². The summed E-state index contributed by atoms with van der Waals surface area (Å²) in [5.41, 5.74) is -0.109. The number of halogens is 2. The first-order valence-corrected chi connectivity index (χ1v) is 6.80. The van der Waals surface area contributed by atoms with E-state index in [9.17, 15) is 9.59 Å². The Morgan fingerprint density at radius 3 is 2.78 bits per heavy atom. The predicted molar refractivity (Wildman–Crippen MR) is 73.2 cm³/mol. The van der Waals surface area contributed by atoms with E-state index in [2.05, 4.69) is 25.9 Å². The van der Waals surface area contributed by atoms with Crippen LogP contribution in [-0.4, -0.2) is 25.0 Å². The minimum absolute atomic E-state index is 0.376. The van der Waals surface area contributed by atoms with Gasteiger partial charge in [-0.2, -0.15) is 0 Å². The molecule has 8 heteroatoms. The lowest BCUT2D eigenvalue weighted by molar-refractivity contribution is 0.635. The third-order valence-corrected chi connectivity index (χ3v) is 3.60. The third-order valence-electron chi connectivity index (χ3n) is 2.73. The van der Waals surface area contributed by atoms with Crippen LogP contribution >= 0.6 is 27.5 Å². The van der Waals surface area contributed by atoms with Crippen LogP contribution < -0.4 is 11.2 Å². The fourth-order valence-corrected chi connectivity index (χ4v) is 2.49. The number of rotatable bonds is 4. The Bertz CT molecular complexity index is 687. The van der Waals surface area contributed by atoms with Gasteiger partial charge in [0.05, 0.1) is 0 Å². The number of H-pyrrole nitrogens is 1. The van der Waals surface area contributed by atoms with E-state index in [1.54, 1.807) is 11.6 Å². The second-order valence-corrected chi connectivity index (χ2v) is 5.01. The number of aryl methyl sites for hydroxylation is 2. The van der Waals surface area contributed by atoms with Crippen molar-refractivity contribution in [2.75, 3.05) is 5.88 Å². The summed E-state index contributed by atoms with van der Waals surface area (Å²) in [6.07, 6.45) is 1.70. The van der Waals surface area contributed by atoms with Gasteiger partial charge in [-0.15, -0.1) is 11.6 Å². The molecule has 0 unspecified atom stereocenters. The van der Waals surface area contributed by atoms with E-state index in [-0.39, 0.29) is 0 Å². The summed E-state index contributed by atoms with van der Waals surface area (Å²) in [6, 6.07) is 0. The minimum Gasteiger partial charge on any atom is -0.313 e. The monoisotopic (exact) mass is 334 g/mol. The van der Waals surface area contributed by atoms with Crippen molar-refractivity contribution in [3.63, 3.8) is 0 Å². The standard InChI is InChI=1S/C10H12BrClN4O2/c1-15-7-6(8(17)14-10(15)18)16(9(11)13-7)5-3-2-4-12/h2-5H2,1H3,(H,14,17,18). The van der Waals surface area contributed by atoms with Crippen LogP contribution in [0.1, 0.15) is 12.8 Å². The molecule has 98 valence electrons. The van der Waals surface area contributed by atoms with Crippen LogP contribution in [0.4, 0.5) is 0 Å². The van der Waals surface area contributed by atoms with Crippen LogP contribution in [0.25, 0.3) is 11.2 Å². The molecule has 2 aromatic heterocycles. The number of aromatic amines is 1. The van der Waals surface area contributed by atoms with E-state index >= 15 is 0 Å². The van der Waals surface area contributed by atoms with Crippen LogP contribution in [0.3, 0.4) is 0 Å². The molecule has 0 aliphatic heterocycles. The van der Waals surface area contributed by atoms with E-state index in [4.69, 9.17) is 11.6 Å². The number of fused-ring (bicyclic) bond motifs is 1. The van der Waals surface area contributed by atoms with E-state index < -0.39 is 11.2 Å². The van der Waals surface area contributed by atoms with Gasteiger partial charge in [0.25, 0.3) is 5.56 Å². The van der Waals surface area contributed by atoms with Gasteiger partial charge in [0.1, 0.15) is 0 Å². The molecule has 0 saturated heterocycles. The highest BCUT2D eigenvalue weighted by molar-refractivity contribution is 9.10. The van der Waals surface area contributed by atoms with Gasteiger partial charge in [-0.3, -0.25) is 14.3 Å². The molecule has 1 N–H and O–H groups in total. The topological polar surface area (TPSA) is 72.7 Å². The summed E-state index contributed by atoms with van der Waals surface area (Å²) in [5, 5.41) is 0. The van der Waals surface area contributed by atoms with Gasteiger partial charge < -0.3 is 4.57 Å². The van der Waals surface area contributed by atoms with E-state index in [1.807, 2.05) is 0 Å². The van der Waals surface area contributed by atoms with Crippen molar-refractivity contribution in [1.82, 2.24) is 19.1 Å². The maximum absolute atomic E-state index is 11.8. The first-order chi connectivity index (χ1) is 8.56. The highest BCUT2D eigenvalue weighted by atomic mass is 79.9. The molecule has 0 saturated carbocycles. The zero-order valence-electron chi connectivity index (χ0n) is 9.74. The lowest BCUT2D eigenvalue weighted by Gasteiger charge is -2.04. The van der Waals surface area contributed by atoms with Gasteiger partial charge in [-0.05, 0) is 28.8 Å². The number of nitrogens with one attached hydrogen (secondary N) is 1. The molecule has 0 bridgehead atoms. The fourth-order valence-electron chi connectivity index (χ4n) is 1.78. The molecule has 2 heterocycles. The normalized spacial score (nSPS) is 11.3. The van der Waals surface area contributed by atoms with Crippen molar-refractivity contribution in [1.29, 1.82) is 0 Å². The Morgan fingerprint density at radius 1 is 1.39 bits per heavy atom. The SMILES string of the molecule is Cn1c(=O)[nH]c(=O)c2c1nc(Br)n2CCCCCl. The molecule has 2 rings (SSSR count). The van der Waals surface area contributed by atoms with Crippen molar-refractivity contribution in [2.24, 2.45) is 7.05 Å². The number of nitrogens with zero attached hydrogens (tertiary/aromatic N) is 3. The zero-order chi connectivity index (χ0) is 13.3. The average Bonchev–Trinajstić information content (AvgIpc) is 2.65. The summed E-state index contributed by atoms with van der Waals surface area (Å²) in [6.45, 7) is 0.630. The van der Waals surface area contributed by atoms with Gasteiger partial charge >= 0.3 is 5.69 Å². The molecule has 6 nitrogen and oxygen atoms in total. The van der Waals surface area contributed by atoms with Crippen molar-refractivity contribution >= 4 is 38.7 Å². The average molecular weight is 336 g/mol. The molecule has 18 heavy (non-hydrogen) atoms. The summed E-state index contributed by atoms with van der Waals surface area (Å²) >= 11 is 8.93. The Labute approximate surface area is 116 Å². The van der Waals surface area contributed by atoms with E-state index in [1.165, 1.54) is 4.57 Å². The van der Waals surface area contributed by atoms with Crippen molar-refractivity contribution in [2.45, 2.75) is 19.4 Å². The molecule has 0 amide bonds. The first-order valence-electron chi connectivity index (χ1n) is 5.47. The highest BCUT2D eigenvalue weighted by Crippen LogP contribution is 2.16. The molecule has 0 aliphatic rings. The molecular formula is C10H12BrClN4O2. The predicted octanol–water partition coefficient (Wildman–Crippen LogP) is 1.20. The molecule has 0 spiro atoms. The minimum atomic E-state index is -0.467. The maximum atomic E-state index is 11.8. The van der Waals surface area contributed by atoms with E-state index in [0.717, 1.165) is 12.8 Å². The van der Waals surface area contributed by atoms with Gasteiger partial charge in [0.2, 0.25) is 0 Å². The lowest BCUT2D eigenvalue weighted by Crippen LogP contribution is -2.29. The van der Waals surface area contributed by atoms with Crippen LogP contribution in [-0.2, 0) is 13.6 Å². The van der Waals surface area contributed by atoms with Gasteiger partial charge in [0, 0.05) is 19.5 Å². The number of hydrogen-bond acceptors (Lipinski definition) is 3. The molecule has 0 aromatic carbocycles. The van der Waals surface area contributed by atoms with Crippen molar-refractivity contribution < 1.29 is 0 Å². The Morgan fingerprint density at radius 2 is 2.11 bits per heavy atom. The van der Waals surface area contributed by atoms with Crippen LogP contribution in [0.5, 0.6) is 0 Å². The van der Waals surface area contributed by atoms with Gasteiger partial charge in [-0.1, -0.05) is 0 Å². The van der Waals surface area contributed by atoms with Crippen molar-refractivity contribution in [3.8, 4) is 0 Å². The summed E-state index contributed by atoms with van der Waals surface area (Å²) < 4.78 is 3.61. The quantitative estimate of drug-likeness (QED) is 0.518. The Hall–Kier alpha value is -1.08. The second-order valence-electron chi connectivity index (χ2n) is 3.92. The molecule has 2 aromatic rings. The Kier molecular flexibility index (Phi) is 3.91. The number of alkyl halides is 1. The Balaban J connectivity index is 2.60. The molecular weight excluding hydrogens is 323 g/mol. The zero-order valence-corrected chi connectivity index (χ0v) is 12.1. The molecule has 0 radical (unpaired) electrons. The fraction of sp³-hybridized carbons (Fsp3) is 0.500. The number of hydrogen-bond donors (Lipinski definition) is 1. The largest absolute Gasteiger partial charge is 0.329 e. The number of unbranched alkanes of at least 4 members (excludes halogenated alkanes) is 1. The molecule has 0 atom stereocenters. The smallest absolute Gasteiger partial charge is 0.313 e. The number of aromatic nitrogens is 4. The first kappa shape index (κ1) is 13.4. The summed E-state index contributed by atoms with van der Waals surface area (Å²) in [4.78, 5) is 29.8. The highest BCUT2D eigenvalue weighted by Gasteiger charge is 2.15. The molecule has 0 aliphatic carbocycles. The van der Waals surface area contributed by atoms with Gasteiger partial charge in [-0.25, -0.2) is 9.78 Å². The number of imidazole rings is 1. The van der Waals surface area contributed by atoms with Crippen LogP contribution in [0.2, 0.25) is 0 Å². The second kappa shape index (κ2) is 5.27. The summed E-state index contributed by atoms with van der Waals surface area (Å²) in [5.74, 6) is 0.582. The van der Waals surface area contributed by atoms with Gasteiger partial charge in [0.15, 0.2) is 15.9 Å². The van der Waals surface area contributed by atoms with Crippen LogP contribution in [0.15, 0.2) is 14.3 Å². The van der Waals surface area contributed by atoms with Crippen LogP contribution in [0, 0.1) is 0 Å². The van der Waals surface area contributed by atoms with E-state index in [0.29, 0.717) is 28.3 Å². The third kappa shape index (κ3) is 2.24. The molecule has 0 fully saturated rings.